The first-order chi connectivity index (χ1) is 11.9. The average molecular weight is 342 g/mol. The maximum absolute atomic E-state index is 11.8. The van der Waals surface area contributed by atoms with E-state index >= 15 is 0 Å². The fourth-order valence-corrected chi connectivity index (χ4v) is 2.42. The molecule has 0 fully saturated rings. The van der Waals surface area contributed by atoms with E-state index in [1.807, 2.05) is 25.1 Å². The van der Waals surface area contributed by atoms with Gasteiger partial charge in [0.25, 0.3) is 11.8 Å². The van der Waals surface area contributed by atoms with Crippen LogP contribution in [0.5, 0.6) is 11.5 Å². The number of aromatic hydroxyl groups is 1. The first kappa shape index (κ1) is 18.3. The third-order valence-electron chi connectivity index (χ3n) is 3.66. The van der Waals surface area contributed by atoms with Crippen LogP contribution in [0.3, 0.4) is 0 Å². The highest BCUT2D eigenvalue weighted by atomic mass is 16.5. The molecule has 0 heterocycles. The Bertz CT molecular complexity index is 772. The Morgan fingerprint density at radius 2 is 1.88 bits per heavy atom. The molecule has 3 N–H and O–H groups in total. The SMILES string of the molecule is Cc1cc(OCC(=O)NNC(=O)c2cccc(O)c2)ccc1C(C)C. The third-order valence-corrected chi connectivity index (χ3v) is 3.66. The summed E-state index contributed by atoms with van der Waals surface area (Å²) in [7, 11) is 0. The van der Waals surface area contributed by atoms with Crippen molar-refractivity contribution in [2.24, 2.45) is 0 Å². The number of carbonyl (C=O) groups excluding carboxylic acids is 2. The Morgan fingerprint density at radius 1 is 1.12 bits per heavy atom. The Morgan fingerprint density at radius 3 is 2.52 bits per heavy atom. The molecule has 0 saturated heterocycles. The summed E-state index contributed by atoms with van der Waals surface area (Å²) in [6.45, 7) is 6.01. The van der Waals surface area contributed by atoms with Gasteiger partial charge in [0.1, 0.15) is 11.5 Å². The van der Waals surface area contributed by atoms with Crippen LogP contribution in [0.25, 0.3) is 0 Å². The summed E-state index contributed by atoms with van der Waals surface area (Å²) in [6, 6.07) is 11.5. The summed E-state index contributed by atoms with van der Waals surface area (Å²) >= 11 is 0. The molecule has 2 rings (SSSR count). The molecule has 25 heavy (non-hydrogen) atoms. The van der Waals surface area contributed by atoms with E-state index in [1.165, 1.54) is 23.8 Å². The number of hydrogen-bond acceptors (Lipinski definition) is 4. The molecule has 6 nitrogen and oxygen atoms in total. The minimum Gasteiger partial charge on any atom is -0.508 e. The number of benzene rings is 2. The highest BCUT2D eigenvalue weighted by molar-refractivity contribution is 5.95. The number of rotatable bonds is 5. The van der Waals surface area contributed by atoms with Crippen molar-refractivity contribution in [3.8, 4) is 11.5 Å². The van der Waals surface area contributed by atoms with E-state index in [0.29, 0.717) is 11.7 Å². The zero-order chi connectivity index (χ0) is 18.4. The Labute approximate surface area is 146 Å². The third kappa shape index (κ3) is 5.24. The average Bonchev–Trinajstić information content (AvgIpc) is 2.57. The van der Waals surface area contributed by atoms with E-state index < -0.39 is 11.8 Å². The number of amides is 2. The number of phenolic OH excluding ortho intramolecular Hbond substituents is 1. The van der Waals surface area contributed by atoms with Crippen molar-refractivity contribution < 1.29 is 19.4 Å². The van der Waals surface area contributed by atoms with Gasteiger partial charge in [-0.1, -0.05) is 26.0 Å². The van der Waals surface area contributed by atoms with E-state index in [-0.39, 0.29) is 17.9 Å². The van der Waals surface area contributed by atoms with Crippen LogP contribution in [-0.2, 0) is 4.79 Å². The summed E-state index contributed by atoms with van der Waals surface area (Å²) in [6.07, 6.45) is 0. The lowest BCUT2D eigenvalue weighted by Gasteiger charge is -2.12. The Kier molecular flexibility index (Phi) is 6.00. The number of ether oxygens (including phenoxy) is 1. The lowest BCUT2D eigenvalue weighted by molar-refractivity contribution is -0.123. The van der Waals surface area contributed by atoms with E-state index in [2.05, 4.69) is 24.7 Å². The lowest BCUT2D eigenvalue weighted by atomic mass is 9.98. The van der Waals surface area contributed by atoms with Crippen LogP contribution in [0, 0.1) is 6.92 Å². The Balaban J connectivity index is 1.83. The lowest BCUT2D eigenvalue weighted by Crippen LogP contribution is -2.43. The van der Waals surface area contributed by atoms with Crippen molar-refractivity contribution in [3.05, 3.63) is 59.2 Å². The molecule has 0 radical (unpaired) electrons. The smallest absolute Gasteiger partial charge is 0.276 e. The fourth-order valence-electron chi connectivity index (χ4n) is 2.42. The molecule has 132 valence electrons. The molecule has 0 aliphatic heterocycles. The first-order valence-corrected chi connectivity index (χ1v) is 7.98. The van der Waals surface area contributed by atoms with Crippen LogP contribution in [0.2, 0.25) is 0 Å². The minimum atomic E-state index is -0.526. The predicted molar refractivity (Wildman–Crippen MR) is 94.5 cm³/mol. The monoisotopic (exact) mass is 342 g/mol. The van der Waals surface area contributed by atoms with E-state index in [4.69, 9.17) is 4.74 Å². The van der Waals surface area contributed by atoms with Crippen molar-refractivity contribution in [1.82, 2.24) is 10.9 Å². The van der Waals surface area contributed by atoms with Gasteiger partial charge in [-0.2, -0.15) is 0 Å². The van der Waals surface area contributed by atoms with Crippen LogP contribution in [0.1, 0.15) is 41.3 Å². The van der Waals surface area contributed by atoms with Crippen LogP contribution in [0.4, 0.5) is 0 Å². The summed E-state index contributed by atoms with van der Waals surface area (Å²) in [5, 5.41) is 9.34. The molecule has 0 aliphatic carbocycles. The van der Waals surface area contributed by atoms with Gasteiger partial charge in [0.05, 0.1) is 0 Å². The molecule has 2 amide bonds. The van der Waals surface area contributed by atoms with E-state index in [0.717, 1.165) is 5.56 Å². The highest BCUT2D eigenvalue weighted by Gasteiger charge is 2.09. The minimum absolute atomic E-state index is 0.0254. The second kappa shape index (κ2) is 8.19. The molecule has 0 bridgehead atoms. The summed E-state index contributed by atoms with van der Waals surface area (Å²) in [5.41, 5.74) is 7.11. The second-order valence-electron chi connectivity index (χ2n) is 6.01. The number of aryl methyl sites for hydroxylation is 1. The summed E-state index contributed by atoms with van der Waals surface area (Å²) in [5.74, 6) is -0.0238. The van der Waals surface area contributed by atoms with Crippen LogP contribution in [-0.4, -0.2) is 23.5 Å². The molecule has 2 aromatic carbocycles. The zero-order valence-corrected chi connectivity index (χ0v) is 14.5. The number of hydrazine groups is 1. The molecule has 6 heteroatoms. The van der Waals surface area contributed by atoms with Crippen LogP contribution >= 0.6 is 0 Å². The Hall–Kier alpha value is -3.02. The molecular formula is C19H22N2O4. The predicted octanol–water partition coefficient (Wildman–Crippen LogP) is 2.66. The van der Waals surface area contributed by atoms with Crippen molar-refractivity contribution in [2.75, 3.05) is 6.61 Å². The highest BCUT2D eigenvalue weighted by Crippen LogP contribution is 2.23. The molecule has 0 atom stereocenters. The number of carbonyl (C=O) groups is 2. The van der Waals surface area contributed by atoms with Gasteiger partial charge < -0.3 is 9.84 Å². The van der Waals surface area contributed by atoms with Gasteiger partial charge in [0.2, 0.25) is 0 Å². The van der Waals surface area contributed by atoms with Gasteiger partial charge >= 0.3 is 0 Å². The van der Waals surface area contributed by atoms with Crippen molar-refractivity contribution in [2.45, 2.75) is 26.7 Å². The molecule has 0 unspecified atom stereocenters. The first-order valence-electron chi connectivity index (χ1n) is 7.98. The van der Waals surface area contributed by atoms with Crippen molar-refractivity contribution in [3.63, 3.8) is 0 Å². The normalized spacial score (nSPS) is 10.4. The zero-order valence-electron chi connectivity index (χ0n) is 14.5. The van der Waals surface area contributed by atoms with Crippen LogP contribution in [0.15, 0.2) is 42.5 Å². The van der Waals surface area contributed by atoms with Gasteiger partial charge in [-0.25, -0.2) is 0 Å². The van der Waals surface area contributed by atoms with Gasteiger partial charge in [-0.3, -0.25) is 20.4 Å². The fraction of sp³-hybridized carbons (Fsp3) is 0.263. The largest absolute Gasteiger partial charge is 0.508 e. The van der Waals surface area contributed by atoms with Gasteiger partial charge in [0, 0.05) is 5.56 Å². The van der Waals surface area contributed by atoms with E-state index in [9.17, 15) is 14.7 Å². The quantitative estimate of drug-likeness (QED) is 0.729. The summed E-state index contributed by atoms with van der Waals surface area (Å²) in [4.78, 5) is 23.6. The van der Waals surface area contributed by atoms with Crippen molar-refractivity contribution in [1.29, 1.82) is 0 Å². The van der Waals surface area contributed by atoms with E-state index in [1.54, 1.807) is 6.07 Å². The van der Waals surface area contributed by atoms with Gasteiger partial charge in [-0.05, 0) is 54.3 Å². The number of hydrogen-bond donors (Lipinski definition) is 3. The molecule has 0 aromatic heterocycles. The maximum Gasteiger partial charge on any atom is 0.276 e. The second-order valence-corrected chi connectivity index (χ2v) is 6.01. The van der Waals surface area contributed by atoms with Crippen molar-refractivity contribution >= 4 is 11.8 Å². The summed E-state index contributed by atoms with van der Waals surface area (Å²) < 4.78 is 5.44. The van der Waals surface area contributed by atoms with Gasteiger partial charge in [0.15, 0.2) is 6.61 Å². The molecule has 0 saturated carbocycles. The molecule has 0 spiro atoms. The number of nitrogens with one attached hydrogen (secondary N) is 2. The number of phenols is 1. The molecule has 2 aromatic rings. The van der Waals surface area contributed by atoms with Gasteiger partial charge in [-0.15, -0.1) is 0 Å². The standard InChI is InChI=1S/C19H22N2O4/c1-12(2)17-8-7-16(9-13(17)3)25-11-18(23)20-21-19(24)14-5-4-6-15(22)10-14/h4-10,12,22H,11H2,1-3H3,(H,20,23)(H,21,24). The molecule has 0 aliphatic rings. The maximum atomic E-state index is 11.8. The molecular weight excluding hydrogens is 320 g/mol. The van der Waals surface area contributed by atoms with Crippen LogP contribution < -0.4 is 15.6 Å². The topological polar surface area (TPSA) is 87.7 Å².